The highest BCUT2D eigenvalue weighted by molar-refractivity contribution is 7.90. The van der Waals surface area contributed by atoms with E-state index >= 15 is 0 Å². The molecule has 0 aromatic heterocycles. The zero-order valence-corrected chi connectivity index (χ0v) is 13.2. The number of nitrogens with zero attached hydrogens (tertiary/aromatic N) is 1. The molecular formula is C13H22N2O5S. The first-order valence-corrected chi connectivity index (χ1v) is 9.17. The molecule has 2 fully saturated rings. The number of nitrogens with one attached hydrogen (secondary N) is 1. The largest absolute Gasteiger partial charge is 0.363 e. The van der Waals surface area contributed by atoms with Crippen LogP contribution in [0.4, 0.5) is 0 Å². The lowest BCUT2D eigenvalue weighted by Crippen LogP contribution is -2.63. The Bertz CT molecular complexity index is 523. The van der Waals surface area contributed by atoms with Gasteiger partial charge in [0.1, 0.15) is 16.4 Å². The highest BCUT2D eigenvalue weighted by Crippen LogP contribution is 2.32. The van der Waals surface area contributed by atoms with E-state index in [2.05, 4.69) is 5.32 Å². The number of rotatable bonds is 3. The molecule has 0 bridgehead atoms. The average Bonchev–Trinajstić information content (AvgIpc) is 2.41. The first kappa shape index (κ1) is 16.2. The molecule has 2 heterocycles. The number of carbonyl (C=O) groups is 2. The van der Waals surface area contributed by atoms with Gasteiger partial charge < -0.3 is 15.0 Å². The third-order valence-electron chi connectivity index (χ3n) is 4.31. The van der Waals surface area contributed by atoms with Gasteiger partial charge in [0.2, 0.25) is 11.8 Å². The van der Waals surface area contributed by atoms with Crippen molar-refractivity contribution in [1.29, 1.82) is 0 Å². The van der Waals surface area contributed by atoms with Crippen molar-refractivity contribution in [1.82, 2.24) is 10.2 Å². The number of hydrogen-bond acceptors (Lipinski definition) is 5. The molecule has 0 aromatic rings. The van der Waals surface area contributed by atoms with Gasteiger partial charge >= 0.3 is 0 Å². The fraction of sp³-hybridized carbons (Fsp3) is 0.846. The number of likely N-dealkylation sites (tertiary alicyclic amines) is 1. The molecule has 2 amide bonds. The predicted octanol–water partition coefficient (Wildman–Crippen LogP) is -0.683. The van der Waals surface area contributed by atoms with Crippen molar-refractivity contribution in [2.24, 2.45) is 0 Å². The second kappa shape index (κ2) is 5.92. The number of sulfone groups is 1. The molecule has 0 aromatic carbocycles. The summed E-state index contributed by atoms with van der Waals surface area (Å²) in [6.45, 7) is 3.04. The average molecular weight is 318 g/mol. The van der Waals surface area contributed by atoms with Crippen LogP contribution in [-0.2, 0) is 24.2 Å². The Labute approximate surface area is 124 Å². The van der Waals surface area contributed by atoms with Crippen LogP contribution in [0.2, 0.25) is 0 Å². The molecule has 1 spiro atoms. The molecule has 0 saturated carbocycles. The third-order valence-corrected chi connectivity index (χ3v) is 5.25. The van der Waals surface area contributed by atoms with Crippen LogP contribution in [-0.4, -0.2) is 68.5 Å². The fourth-order valence-corrected chi connectivity index (χ4v) is 3.44. The Morgan fingerprint density at radius 2 is 2.05 bits per heavy atom. The molecule has 2 aliphatic heterocycles. The van der Waals surface area contributed by atoms with Crippen molar-refractivity contribution in [3.8, 4) is 0 Å². The van der Waals surface area contributed by atoms with E-state index in [-0.39, 0.29) is 36.6 Å². The molecule has 1 N–H and O–H groups in total. The Balaban J connectivity index is 1.88. The number of piperidine rings is 1. The van der Waals surface area contributed by atoms with Gasteiger partial charge in [-0.1, -0.05) is 0 Å². The summed E-state index contributed by atoms with van der Waals surface area (Å²) in [5, 5.41) is 2.88. The van der Waals surface area contributed by atoms with E-state index in [1.165, 1.54) is 0 Å². The van der Waals surface area contributed by atoms with E-state index in [0.29, 0.717) is 25.9 Å². The van der Waals surface area contributed by atoms with Gasteiger partial charge in [-0.05, 0) is 19.8 Å². The van der Waals surface area contributed by atoms with Gasteiger partial charge in [-0.15, -0.1) is 0 Å². The highest BCUT2D eigenvalue weighted by Gasteiger charge is 2.44. The van der Waals surface area contributed by atoms with E-state index in [1.807, 2.05) is 6.92 Å². The molecule has 2 aliphatic rings. The Morgan fingerprint density at radius 1 is 1.43 bits per heavy atom. The zero-order chi connectivity index (χ0) is 15.7. The van der Waals surface area contributed by atoms with Gasteiger partial charge in [0.05, 0.1) is 17.4 Å². The van der Waals surface area contributed by atoms with Crippen LogP contribution in [0.15, 0.2) is 0 Å². The van der Waals surface area contributed by atoms with Crippen LogP contribution in [0.1, 0.15) is 26.2 Å². The van der Waals surface area contributed by atoms with E-state index in [4.69, 9.17) is 4.74 Å². The van der Waals surface area contributed by atoms with Crippen LogP contribution in [0.3, 0.4) is 0 Å². The maximum atomic E-state index is 12.0. The number of carbonyl (C=O) groups excluding carboxylic acids is 2. The molecule has 8 heteroatoms. The quantitative estimate of drug-likeness (QED) is 0.744. The minimum Gasteiger partial charge on any atom is -0.363 e. The first-order valence-electron chi connectivity index (χ1n) is 7.11. The summed E-state index contributed by atoms with van der Waals surface area (Å²) in [5.41, 5.74) is -0.401. The van der Waals surface area contributed by atoms with Crippen molar-refractivity contribution < 1.29 is 22.7 Å². The predicted molar refractivity (Wildman–Crippen MR) is 76.4 cm³/mol. The Kier molecular flexibility index (Phi) is 4.57. The Morgan fingerprint density at radius 3 is 2.57 bits per heavy atom. The lowest BCUT2D eigenvalue weighted by Gasteiger charge is -2.47. The Hall–Kier alpha value is -1.15. The summed E-state index contributed by atoms with van der Waals surface area (Å²) in [6, 6.07) is -0.0768. The van der Waals surface area contributed by atoms with Crippen LogP contribution in [0.5, 0.6) is 0 Å². The van der Waals surface area contributed by atoms with Gasteiger partial charge in [0.15, 0.2) is 0 Å². The number of hydrogen-bond donors (Lipinski definition) is 1. The molecule has 120 valence electrons. The minimum atomic E-state index is -3.12. The van der Waals surface area contributed by atoms with E-state index < -0.39 is 15.4 Å². The topological polar surface area (TPSA) is 92.8 Å². The molecule has 2 rings (SSSR count). The van der Waals surface area contributed by atoms with Crippen LogP contribution < -0.4 is 5.32 Å². The van der Waals surface area contributed by atoms with Crippen LogP contribution in [0.25, 0.3) is 0 Å². The smallest absolute Gasteiger partial charge is 0.246 e. The minimum absolute atomic E-state index is 0.0268. The summed E-state index contributed by atoms with van der Waals surface area (Å²) < 4.78 is 27.9. The SMILES string of the molecule is CC1NC(=O)COC12CCN(C(=O)CCS(C)(=O)=O)CC2. The van der Waals surface area contributed by atoms with Crippen LogP contribution in [0, 0.1) is 0 Å². The van der Waals surface area contributed by atoms with Crippen molar-refractivity contribution in [2.45, 2.75) is 37.8 Å². The molecule has 1 unspecified atom stereocenters. The number of amides is 2. The van der Waals surface area contributed by atoms with Gasteiger partial charge in [0, 0.05) is 25.8 Å². The summed E-state index contributed by atoms with van der Waals surface area (Å²) in [5.74, 6) is -0.362. The van der Waals surface area contributed by atoms with Crippen molar-refractivity contribution in [3.63, 3.8) is 0 Å². The maximum Gasteiger partial charge on any atom is 0.246 e. The molecule has 1 atom stereocenters. The molecule has 21 heavy (non-hydrogen) atoms. The van der Waals surface area contributed by atoms with Crippen LogP contribution >= 0.6 is 0 Å². The van der Waals surface area contributed by atoms with Gasteiger partial charge in [-0.25, -0.2) is 8.42 Å². The van der Waals surface area contributed by atoms with E-state index in [1.54, 1.807) is 4.90 Å². The normalized spacial score (nSPS) is 25.7. The first-order chi connectivity index (χ1) is 9.72. The summed E-state index contributed by atoms with van der Waals surface area (Å²) >= 11 is 0. The van der Waals surface area contributed by atoms with Crippen molar-refractivity contribution in [3.05, 3.63) is 0 Å². The lowest BCUT2D eigenvalue weighted by molar-refractivity contribution is -0.163. The molecule has 0 radical (unpaired) electrons. The van der Waals surface area contributed by atoms with Crippen molar-refractivity contribution >= 4 is 21.7 Å². The molecule has 0 aliphatic carbocycles. The van der Waals surface area contributed by atoms with Gasteiger partial charge in [-0.3, -0.25) is 9.59 Å². The number of ether oxygens (including phenoxy) is 1. The molecule has 2 saturated heterocycles. The summed E-state index contributed by atoms with van der Waals surface area (Å²) in [6.07, 6.45) is 2.46. The second-order valence-corrected chi connectivity index (χ2v) is 8.16. The lowest BCUT2D eigenvalue weighted by atomic mass is 9.83. The highest BCUT2D eigenvalue weighted by atomic mass is 32.2. The number of morpholine rings is 1. The summed E-state index contributed by atoms with van der Waals surface area (Å²) in [7, 11) is -3.12. The molecular weight excluding hydrogens is 296 g/mol. The zero-order valence-electron chi connectivity index (χ0n) is 12.4. The van der Waals surface area contributed by atoms with Crippen molar-refractivity contribution in [2.75, 3.05) is 31.7 Å². The monoisotopic (exact) mass is 318 g/mol. The fourth-order valence-electron chi connectivity index (χ4n) is 2.89. The maximum absolute atomic E-state index is 12.0. The van der Waals surface area contributed by atoms with E-state index in [9.17, 15) is 18.0 Å². The second-order valence-electron chi connectivity index (χ2n) is 5.90. The molecule has 7 nitrogen and oxygen atoms in total. The summed E-state index contributed by atoms with van der Waals surface area (Å²) in [4.78, 5) is 25.0. The van der Waals surface area contributed by atoms with E-state index in [0.717, 1.165) is 6.26 Å². The third kappa shape index (κ3) is 3.94. The standard InChI is InChI=1S/C13H22N2O5S/c1-10-13(20-9-11(16)14-10)4-6-15(7-5-13)12(17)3-8-21(2,18)19/h10H,3-9H2,1-2H3,(H,14,16). The van der Waals surface area contributed by atoms with Gasteiger partial charge in [-0.2, -0.15) is 0 Å². The van der Waals surface area contributed by atoms with Gasteiger partial charge in [0.25, 0.3) is 0 Å².